The molecule has 0 aromatic heterocycles. The van der Waals surface area contributed by atoms with Crippen molar-refractivity contribution in [2.75, 3.05) is 0 Å². The maximum absolute atomic E-state index is 4.65. The maximum atomic E-state index is 4.65. The van der Waals surface area contributed by atoms with Crippen molar-refractivity contribution in [3.63, 3.8) is 0 Å². The van der Waals surface area contributed by atoms with Gasteiger partial charge in [0.1, 0.15) is 0 Å². The van der Waals surface area contributed by atoms with Crippen molar-refractivity contribution in [2.45, 2.75) is 0 Å². The van der Waals surface area contributed by atoms with E-state index in [4.69, 9.17) is 0 Å². The molecule has 0 fully saturated rings. The Morgan fingerprint density at radius 2 is 2.00 bits per heavy atom. The fourth-order valence-electron chi connectivity index (χ4n) is 0. The molecule has 2 N–H and O–H groups in total. The molecule has 0 rings (SSSR count). The summed E-state index contributed by atoms with van der Waals surface area (Å²) in [4.78, 5) is 0. The van der Waals surface area contributed by atoms with Crippen LogP contribution in [0.3, 0.4) is 0 Å². The van der Waals surface area contributed by atoms with E-state index in [2.05, 4.69) is 33.3 Å². The second-order valence-electron chi connectivity index (χ2n) is 0.256. The summed E-state index contributed by atoms with van der Waals surface area (Å²) in [6, 6.07) is 2.15. The summed E-state index contributed by atoms with van der Waals surface area (Å²) in [7, 11) is 0. The molecule has 0 saturated heterocycles. The molecule has 0 aliphatic heterocycles. The molecule has 0 atom stereocenters. The molecule has 0 aliphatic carbocycles. The van der Waals surface area contributed by atoms with Crippen LogP contribution in [0.2, 0.25) is 0 Å². The first-order chi connectivity index (χ1) is 1.91. The van der Waals surface area contributed by atoms with Crippen LogP contribution >= 0.6 is 0 Å². The monoisotopic (exact) mass is 115 g/mol. The van der Waals surface area contributed by atoms with E-state index in [0.717, 1.165) is 0 Å². The van der Waals surface area contributed by atoms with E-state index >= 15 is 0 Å². The van der Waals surface area contributed by atoms with E-state index in [1.807, 2.05) is 0 Å². The van der Waals surface area contributed by atoms with Crippen molar-refractivity contribution in [3.05, 3.63) is 0 Å². The van der Waals surface area contributed by atoms with Crippen molar-refractivity contribution >= 4 is 16.9 Å². The SMILES string of the molecule is NC#C[As]. The van der Waals surface area contributed by atoms with Gasteiger partial charge >= 0.3 is 33.3 Å². The summed E-state index contributed by atoms with van der Waals surface area (Å²) < 4.78 is 2.40. The van der Waals surface area contributed by atoms with Crippen molar-refractivity contribution in [1.82, 2.24) is 0 Å². The number of rotatable bonds is 0. The van der Waals surface area contributed by atoms with Crippen molar-refractivity contribution in [1.29, 1.82) is 0 Å². The third-order valence-corrected chi connectivity index (χ3v) is 0.335. The predicted molar refractivity (Wildman–Crippen MR) is 17.7 cm³/mol. The topological polar surface area (TPSA) is 26.0 Å². The molecule has 0 amide bonds. The van der Waals surface area contributed by atoms with Gasteiger partial charge in [-0.15, -0.1) is 0 Å². The van der Waals surface area contributed by atoms with E-state index in [1.54, 1.807) is 0 Å². The third kappa shape index (κ3) is 1.92. The number of hydrogen-bond donors (Lipinski definition) is 1. The Morgan fingerprint density at radius 1 is 1.75 bits per heavy atom. The van der Waals surface area contributed by atoms with Gasteiger partial charge in [0.15, 0.2) is 0 Å². The van der Waals surface area contributed by atoms with Gasteiger partial charge in [0.2, 0.25) is 0 Å². The van der Waals surface area contributed by atoms with Gasteiger partial charge in [-0.05, 0) is 0 Å². The normalized spacial score (nSPS) is 3.25. The zero-order chi connectivity index (χ0) is 3.41. The van der Waals surface area contributed by atoms with E-state index in [0.29, 0.717) is 0 Å². The van der Waals surface area contributed by atoms with Crippen molar-refractivity contribution in [2.24, 2.45) is 5.73 Å². The van der Waals surface area contributed by atoms with Gasteiger partial charge in [-0.1, -0.05) is 0 Å². The van der Waals surface area contributed by atoms with Crippen LogP contribution in [-0.2, 0) is 0 Å². The predicted octanol–water partition coefficient (Wildman–Crippen LogP) is -0.968. The van der Waals surface area contributed by atoms with Crippen molar-refractivity contribution < 1.29 is 0 Å². The molecule has 0 aliphatic rings. The van der Waals surface area contributed by atoms with Crippen LogP contribution in [0.15, 0.2) is 0 Å². The van der Waals surface area contributed by atoms with Crippen LogP contribution < -0.4 is 5.73 Å². The average Bonchev–Trinajstić information content (AvgIpc) is 1.37. The molecule has 2 radical (unpaired) electrons. The molecule has 0 heterocycles. The average molecular weight is 115 g/mol. The minimum atomic E-state index is 2.05. The van der Waals surface area contributed by atoms with Gasteiger partial charge in [-0.2, -0.15) is 0 Å². The number of hydrogen-bond acceptors (Lipinski definition) is 1. The first kappa shape index (κ1) is 3.92. The van der Waals surface area contributed by atoms with Gasteiger partial charge in [0, 0.05) is 0 Å². The molecule has 2 heteroatoms. The molecule has 0 aromatic rings. The quantitative estimate of drug-likeness (QED) is 0.245. The first-order valence-electron chi connectivity index (χ1n) is 0.762. The minimum absolute atomic E-state index is 2.05. The van der Waals surface area contributed by atoms with Gasteiger partial charge < -0.3 is 0 Å². The molecule has 0 spiro atoms. The van der Waals surface area contributed by atoms with Gasteiger partial charge in [-0.3, -0.25) is 0 Å². The van der Waals surface area contributed by atoms with Crippen LogP contribution in [-0.4, -0.2) is 16.9 Å². The number of nitrogens with two attached hydrogens (primary N) is 1. The Morgan fingerprint density at radius 3 is 2.00 bits per heavy atom. The second-order valence-corrected chi connectivity index (χ2v) is 0.725. The van der Waals surface area contributed by atoms with E-state index < -0.39 is 0 Å². The second kappa shape index (κ2) is 2.92. The van der Waals surface area contributed by atoms with Crippen LogP contribution in [0.4, 0.5) is 0 Å². The molecular formula is C2H2AsN. The van der Waals surface area contributed by atoms with Gasteiger partial charge in [-0.25, -0.2) is 0 Å². The Balaban J connectivity index is 2.83. The molecule has 0 unspecified atom stereocenters. The van der Waals surface area contributed by atoms with Gasteiger partial charge in [0.25, 0.3) is 0 Å². The Hall–Kier alpha value is -0.0816. The Labute approximate surface area is 34.1 Å². The zero-order valence-corrected chi connectivity index (χ0v) is 3.90. The van der Waals surface area contributed by atoms with Crippen molar-refractivity contribution in [3.8, 4) is 10.8 Å². The summed E-state index contributed by atoms with van der Waals surface area (Å²) in [5.41, 5.74) is 4.65. The third-order valence-electron chi connectivity index (χ3n) is 0.0645. The van der Waals surface area contributed by atoms with E-state index in [9.17, 15) is 0 Å². The summed E-state index contributed by atoms with van der Waals surface area (Å²) in [5.74, 6) is 0. The summed E-state index contributed by atoms with van der Waals surface area (Å²) in [6.07, 6.45) is 0. The van der Waals surface area contributed by atoms with Crippen LogP contribution in [0.25, 0.3) is 0 Å². The van der Waals surface area contributed by atoms with E-state index in [-0.39, 0.29) is 0 Å². The molecular weight excluding hydrogens is 113 g/mol. The first-order valence-corrected chi connectivity index (χ1v) is 1.70. The zero-order valence-electron chi connectivity index (χ0n) is 2.02. The summed E-state index contributed by atoms with van der Waals surface area (Å²) >= 11 is 2.05. The fraction of sp³-hybridized carbons (Fsp3) is 0. The Kier molecular flexibility index (Phi) is 2.86. The van der Waals surface area contributed by atoms with E-state index in [1.165, 1.54) is 0 Å². The molecule has 0 bridgehead atoms. The van der Waals surface area contributed by atoms with Crippen LogP contribution in [0, 0.1) is 10.8 Å². The molecule has 0 saturated carbocycles. The Bertz CT molecular complexity index is 42.8. The molecule has 0 aromatic carbocycles. The fourth-order valence-corrected chi connectivity index (χ4v) is 0. The van der Waals surface area contributed by atoms with Gasteiger partial charge in [0.05, 0.1) is 0 Å². The van der Waals surface area contributed by atoms with Crippen LogP contribution in [0.5, 0.6) is 0 Å². The molecule has 1 nitrogen and oxygen atoms in total. The summed E-state index contributed by atoms with van der Waals surface area (Å²) in [5, 5.41) is 0. The molecule has 4 heavy (non-hydrogen) atoms. The van der Waals surface area contributed by atoms with Crippen LogP contribution in [0.1, 0.15) is 0 Å². The molecule has 20 valence electrons. The standard InChI is InChI=1S/C2H2AsN/c3-1-2-4/h4H2. The summed E-state index contributed by atoms with van der Waals surface area (Å²) in [6.45, 7) is 0.